The summed E-state index contributed by atoms with van der Waals surface area (Å²) in [5.41, 5.74) is 0. The van der Waals surface area contributed by atoms with Gasteiger partial charge in [-0.05, 0) is 12.1 Å². The molecule has 0 spiro atoms. The van der Waals surface area contributed by atoms with Crippen LogP contribution < -0.4 is 4.72 Å². The fourth-order valence-corrected chi connectivity index (χ4v) is 2.61. The number of nitrogens with one attached hydrogen (secondary N) is 1. The van der Waals surface area contributed by atoms with Gasteiger partial charge < -0.3 is 9.47 Å². The number of hydrogen-bond donors (Lipinski definition) is 1. The average Bonchev–Trinajstić information content (AvgIpc) is 2.34. The number of halogens is 1. The van der Waals surface area contributed by atoms with Gasteiger partial charge in [0.15, 0.2) is 0 Å². The molecule has 6 nitrogen and oxygen atoms in total. The molecule has 0 atom stereocenters. The Hall–Kier alpha value is -0.730. The van der Waals surface area contributed by atoms with Gasteiger partial charge in [0.2, 0.25) is 10.0 Å². The molecule has 0 saturated carbocycles. The first-order valence-corrected chi connectivity index (χ1v) is 7.11. The zero-order valence-corrected chi connectivity index (χ0v) is 11.5. The van der Waals surface area contributed by atoms with Crippen LogP contribution in [0.3, 0.4) is 0 Å². The molecular weight excluding hydrogens is 280 g/mol. The fraction of sp³-hybridized carbons (Fsp3) is 0.500. The van der Waals surface area contributed by atoms with Crippen LogP contribution in [0.15, 0.2) is 23.2 Å². The lowest BCUT2D eigenvalue weighted by Crippen LogP contribution is -2.28. The largest absolute Gasteiger partial charge is 0.382 e. The molecule has 0 aliphatic carbocycles. The van der Waals surface area contributed by atoms with Crippen molar-refractivity contribution in [2.45, 2.75) is 4.90 Å². The Labute approximate surface area is 111 Å². The molecule has 1 aromatic rings. The van der Waals surface area contributed by atoms with Crippen LogP contribution in [-0.2, 0) is 19.5 Å². The topological polar surface area (TPSA) is 77.5 Å². The molecule has 18 heavy (non-hydrogen) atoms. The first-order valence-electron chi connectivity index (χ1n) is 5.25. The van der Waals surface area contributed by atoms with Crippen LogP contribution in [0.25, 0.3) is 0 Å². The number of hydrogen-bond acceptors (Lipinski definition) is 5. The summed E-state index contributed by atoms with van der Waals surface area (Å²) < 4.78 is 35.9. The van der Waals surface area contributed by atoms with E-state index >= 15 is 0 Å². The second-order valence-corrected chi connectivity index (χ2v) is 5.39. The van der Waals surface area contributed by atoms with Gasteiger partial charge in [-0.25, -0.2) is 18.1 Å². The predicted molar refractivity (Wildman–Crippen MR) is 67.1 cm³/mol. The Balaban J connectivity index is 2.44. The summed E-state index contributed by atoms with van der Waals surface area (Å²) in [6.45, 7) is 1.32. The summed E-state index contributed by atoms with van der Waals surface area (Å²) in [4.78, 5) is 3.67. The molecule has 1 aromatic heterocycles. The molecule has 0 aromatic carbocycles. The van der Waals surface area contributed by atoms with Crippen molar-refractivity contribution in [3.63, 3.8) is 0 Å². The van der Waals surface area contributed by atoms with Crippen molar-refractivity contribution >= 4 is 21.6 Å². The quantitative estimate of drug-likeness (QED) is 0.563. The van der Waals surface area contributed by atoms with Crippen LogP contribution in [-0.4, -0.2) is 46.9 Å². The van der Waals surface area contributed by atoms with Gasteiger partial charge in [-0.2, -0.15) is 0 Å². The van der Waals surface area contributed by atoms with Crippen LogP contribution in [0.2, 0.25) is 5.15 Å². The summed E-state index contributed by atoms with van der Waals surface area (Å²) in [6.07, 6.45) is 1.43. The highest BCUT2D eigenvalue weighted by molar-refractivity contribution is 7.89. The molecule has 1 heterocycles. The SMILES string of the molecule is COCCOCCNS(=O)(=O)c1cccnc1Cl. The summed E-state index contributed by atoms with van der Waals surface area (Å²) in [7, 11) is -2.07. The van der Waals surface area contributed by atoms with Crippen LogP contribution in [0.4, 0.5) is 0 Å². The van der Waals surface area contributed by atoms with Gasteiger partial charge in [-0.15, -0.1) is 0 Å². The molecule has 0 aliphatic rings. The van der Waals surface area contributed by atoms with Crippen molar-refractivity contribution in [1.82, 2.24) is 9.71 Å². The molecule has 0 radical (unpaired) electrons. The zero-order chi connectivity index (χ0) is 13.4. The Bertz CT molecular complexity index is 467. The molecule has 0 aliphatic heterocycles. The molecule has 8 heteroatoms. The highest BCUT2D eigenvalue weighted by Gasteiger charge is 2.17. The Morgan fingerprint density at radius 3 is 2.83 bits per heavy atom. The average molecular weight is 295 g/mol. The first kappa shape index (κ1) is 15.3. The minimum absolute atomic E-state index is 0.0384. The van der Waals surface area contributed by atoms with Crippen molar-refractivity contribution in [3.05, 3.63) is 23.5 Å². The molecule has 0 amide bonds. The lowest BCUT2D eigenvalue weighted by Gasteiger charge is -2.08. The van der Waals surface area contributed by atoms with E-state index in [-0.39, 0.29) is 23.2 Å². The molecular formula is C10H15ClN2O4S. The normalized spacial score (nSPS) is 11.7. The Morgan fingerprint density at radius 1 is 1.39 bits per heavy atom. The fourth-order valence-electron chi connectivity index (χ4n) is 1.14. The van der Waals surface area contributed by atoms with Crippen LogP contribution in [0.5, 0.6) is 0 Å². The Kier molecular flexibility index (Phi) is 6.51. The van der Waals surface area contributed by atoms with Gasteiger partial charge in [0, 0.05) is 19.9 Å². The summed E-state index contributed by atoms with van der Waals surface area (Å²) >= 11 is 5.71. The van der Waals surface area contributed by atoms with Crippen molar-refractivity contribution < 1.29 is 17.9 Å². The van der Waals surface area contributed by atoms with Crippen LogP contribution >= 0.6 is 11.6 Å². The highest BCUT2D eigenvalue weighted by Crippen LogP contribution is 2.16. The predicted octanol–water partition coefficient (Wildman–Crippen LogP) is 0.676. The van der Waals surface area contributed by atoms with E-state index in [0.29, 0.717) is 13.2 Å². The Morgan fingerprint density at radius 2 is 2.17 bits per heavy atom. The second kappa shape index (κ2) is 7.65. The van der Waals surface area contributed by atoms with Gasteiger partial charge in [-0.3, -0.25) is 0 Å². The third-order valence-electron chi connectivity index (χ3n) is 1.98. The number of methoxy groups -OCH3 is 1. The molecule has 0 bridgehead atoms. The number of nitrogens with zero attached hydrogens (tertiary/aromatic N) is 1. The molecule has 102 valence electrons. The molecule has 0 saturated heterocycles. The van der Waals surface area contributed by atoms with Crippen molar-refractivity contribution in [3.8, 4) is 0 Å². The lowest BCUT2D eigenvalue weighted by molar-refractivity contribution is 0.0736. The summed E-state index contributed by atoms with van der Waals surface area (Å²) in [5, 5.41) is -0.0506. The van der Waals surface area contributed by atoms with E-state index in [1.54, 1.807) is 7.11 Å². The maximum atomic E-state index is 11.8. The van der Waals surface area contributed by atoms with E-state index in [2.05, 4.69) is 9.71 Å². The minimum atomic E-state index is -3.64. The smallest absolute Gasteiger partial charge is 0.243 e. The van der Waals surface area contributed by atoms with Crippen molar-refractivity contribution in [1.29, 1.82) is 0 Å². The molecule has 0 unspecified atom stereocenters. The summed E-state index contributed by atoms with van der Waals surface area (Å²) in [5.74, 6) is 0. The van der Waals surface area contributed by atoms with Gasteiger partial charge in [0.1, 0.15) is 10.0 Å². The van der Waals surface area contributed by atoms with Gasteiger partial charge >= 0.3 is 0 Å². The highest BCUT2D eigenvalue weighted by atomic mass is 35.5. The number of pyridine rings is 1. The molecule has 0 fully saturated rings. The van der Waals surface area contributed by atoms with Crippen molar-refractivity contribution in [2.24, 2.45) is 0 Å². The number of rotatable bonds is 8. The number of aromatic nitrogens is 1. The molecule has 1 rings (SSSR count). The van der Waals surface area contributed by atoms with Crippen molar-refractivity contribution in [2.75, 3.05) is 33.5 Å². The third-order valence-corrected chi connectivity index (χ3v) is 3.89. The first-order chi connectivity index (χ1) is 8.58. The van der Waals surface area contributed by atoms with Gasteiger partial charge in [0.25, 0.3) is 0 Å². The van der Waals surface area contributed by atoms with E-state index < -0.39 is 10.0 Å². The van der Waals surface area contributed by atoms with Gasteiger partial charge in [-0.1, -0.05) is 11.6 Å². The summed E-state index contributed by atoms with van der Waals surface area (Å²) in [6, 6.07) is 2.90. The van der Waals surface area contributed by atoms with E-state index in [1.807, 2.05) is 0 Å². The minimum Gasteiger partial charge on any atom is -0.382 e. The van der Waals surface area contributed by atoms with Crippen LogP contribution in [0, 0.1) is 0 Å². The monoisotopic (exact) mass is 294 g/mol. The van der Waals surface area contributed by atoms with Gasteiger partial charge in [0.05, 0.1) is 19.8 Å². The lowest BCUT2D eigenvalue weighted by atomic mass is 10.5. The third kappa shape index (κ3) is 4.87. The second-order valence-electron chi connectivity index (χ2n) is 3.30. The van der Waals surface area contributed by atoms with Crippen LogP contribution in [0.1, 0.15) is 0 Å². The maximum absolute atomic E-state index is 11.8. The van der Waals surface area contributed by atoms with E-state index in [0.717, 1.165) is 0 Å². The molecule has 1 N–H and O–H groups in total. The van der Waals surface area contributed by atoms with E-state index in [1.165, 1.54) is 18.3 Å². The number of ether oxygens (including phenoxy) is 2. The standard InChI is InChI=1S/C10H15ClN2O4S/c1-16-7-8-17-6-5-13-18(14,15)9-3-2-4-12-10(9)11/h2-4,13H,5-8H2,1H3. The maximum Gasteiger partial charge on any atom is 0.243 e. The van der Waals surface area contributed by atoms with E-state index in [4.69, 9.17) is 21.1 Å². The number of sulfonamides is 1. The van der Waals surface area contributed by atoms with E-state index in [9.17, 15) is 8.42 Å². The zero-order valence-electron chi connectivity index (χ0n) is 9.93.